The van der Waals surface area contributed by atoms with Crippen LogP contribution < -0.4 is 0 Å². The van der Waals surface area contributed by atoms with E-state index in [0.717, 1.165) is 16.9 Å². The van der Waals surface area contributed by atoms with Gasteiger partial charge in [0.25, 0.3) is 0 Å². The van der Waals surface area contributed by atoms with Crippen LogP contribution in [-0.2, 0) is 18.4 Å². The number of carbonyl (C=O) groups is 1. The summed E-state index contributed by atoms with van der Waals surface area (Å²) >= 11 is 6.76. The fourth-order valence-corrected chi connectivity index (χ4v) is 6.23. The third-order valence-electron chi connectivity index (χ3n) is 2.81. The van der Waals surface area contributed by atoms with Crippen molar-refractivity contribution >= 4 is 41.6 Å². The van der Waals surface area contributed by atoms with Gasteiger partial charge in [0.1, 0.15) is 0 Å². The number of ketones is 1. The van der Waals surface area contributed by atoms with E-state index in [1.165, 1.54) is 6.08 Å². The Morgan fingerprint density at radius 1 is 1.22 bits per heavy atom. The molecule has 23 heavy (non-hydrogen) atoms. The molecule has 0 radical (unpaired) electrons. The number of hydrogen-bond acceptors (Lipinski definition) is 5. The van der Waals surface area contributed by atoms with Gasteiger partial charge in [-0.25, -0.2) is 4.57 Å². The minimum absolute atomic E-state index is 0.169. The first-order chi connectivity index (χ1) is 10.7. The predicted molar refractivity (Wildman–Crippen MR) is 98.0 cm³/mol. The second-order valence-corrected chi connectivity index (χ2v) is 10.1. The molecule has 0 atom stereocenters. The predicted octanol–water partition coefficient (Wildman–Crippen LogP) is 5.62. The van der Waals surface area contributed by atoms with Gasteiger partial charge in [0.05, 0.1) is 18.0 Å². The van der Waals surface area contributed by atoms with Gasteiger partial charge in [-0.3, -0.25) is 4.79 Å². The van der Waals surface area contributed by atoms with Crippen LogP contribution >= 0.6 is 29.8 Å². The summed E-state index contributed by atoms with van der Waals surface area (Å²) in [5.74, 6) is -0.169. The first-order valence-corrected chi connectivity index (χ1v) is 10.6. The van der Waals surface area contributed by atoms with Crippen molar-refractivity contribution in [3.8, 4) is 0 Å². The van der Waals surface area contributed by atoms with E-state index in [2.05, 4.69) is 0 Å². The SMILES string of the molecule is CCOP(=O)(OCC)SC(C)(C)C(=O)/C=C/c1ccc(Cl)cc1. The van der Waals surface area contributed by atoms with Gasteiger partial charge in [-0.15, -0.1) is 0 Å². The maximum absolute atomic E-state index is 12.6. The van der Waals surface area contributed by atoms with Crippen molar-refractivity contribution in [3.05, 3.63) is 40.9 Å². The number of carbonyl (C=O) groups excluding carboxylic acids is 1. The molecule has 1 rings (SSSR count). The van der Waals surface area contributed by atoms with Crippen LogP contribution in [0, 0.1) is 0 Å². The van der Waals surface area contributed by atoms with Crippen molar-refractivity contribution in [2.75, 3.05) is 13.2 Å². The molecule has 1 aromatic rings. The molecule has 0 saturated carbocycles. The average molecular weight is 377 g/mol. The monoisotopic (exact) mass is 376 g/mol. The van der Waals surface area contributed by atoms with E-state index < -0.39 is 11.5 Å². The molecule has 4 nitrogen and oxygen atoms in total. The third-order valence-corrected chi connectivity index (χ3v) is 7.76. The highest BCUT2D eigenvalue weighted by atomic mass is 35.5. The molecule has 0 unspecified atom stereocenters. The molecule has 0 aliphatic rings. The zero-order valence-electron chi connectivity index (χ0n) is 13.7. The number of hydrogen-bond donors (Lipinski definition) is 0. The molecule has 0 amide bonds. The van der Waals surface area contributed by atoms with Crippen LogP contribution in [0.1, 0.15) is 33.3 Å². The van der Waals surface area contributed by atoms with Crippen molar-refractivity contribution in [2.45, 2.75) is 32.4 Å². The molecule has 0 spiro atoms. The minimum atomic E-state index is -3.35. The smallest absolute Gasteiger partial charge is 0.301 e. The van der Waals surface area contributed by atoms with Crippen LogP contribution in [0.4, 0.5) is 0 Å². The number of allylic oxidation sites excluding steroid dienone is 1. The van der Waals surface area contributed by atoms with Gasteiger partial charge in [0.15, 0.2) is 5.78 Å². The Morgan fingerprint density at radius 3 is 2.22 bits per heavy atom. The molecule has 0 bridgehead atoms. The summed E-state index contributed by atoms with van der Waals surface area (Å²) in [6, 6.07) is 7.14. The largest absolute Gasteiger partial charge is 0.390 e. The van der Waals surface area contributed by atoms with Crippen molar-refractivity contribution in [3.63, 3.8) is 0 Å². The van der Waals surface area contributed by atoms with E-state index in [1.807, 2.05) is 12.1 Å². The lowest BCUT2D eigenvalue weighted by molar-refractivity contribution is -0.116. The van der Waals surface area contributed by atoms with E-state index >= 15 is 0 Å². The molecule has 7 heteroatoms. The molecule has 0 saturated heterocycles. The highest BCUT2D eigenvalue weighted by Crippen LogP contribution is 2.65. The van der Waals surface area contributed by atoms with Crippen molar-refractivity contribution < 1.29 is 18.4 Å². The zero-order valence-corrected chi connectivity index (χ0v) is 16.2. The average Bonchev–Trinajstić information content (AvgIpc) is 2.46. The Kier molecular flexibility index (Phi) is 8.05. The van der Waals surface area contributed by atoms with Crippen LogP contribution in [0.15, 0.2) is 30.3 Å². The van der Waals surface area contributed by atoms with Gasteiger partial charge in [0, 0.05) is 5.02 Å². The second-order valence-electron chi connectivity index (χ2n) is 5.13. The highest BCUT2D eigenvalue weighted by molar-refractivity contribution is 8.56. The van der Waals surface area contributed by atoms with Crippen molar-refractivity contribution in [2.24, 2.45) is 0 Å². The van der Waals surface area contributed by atoms with Gasteiger partial charge in [-0.05, 0) is 62.8 Å². The zero-order chi connectivity index (χ0) is 17.5. The van der Waals surface area contributed by atoms with Gasteiger partial charge < -0.3 is 9.05 Å². The summed E-state index contributed by atoms with van der Waals surface area (Å²) < 4.78 is 22.1. The summed E-state index contributed by atoms with van der Waals surface area (Å²) in [7, 11) is 0. The normalized spacial score (nSPS) is 12.7. The Hall–Kier alpha value is -0.580. The highest BCUT2D eigenvalue weighted by Gasteiger charge is 2.38. The molecular formula is C16H22ClO4PS. The standard InChI is InChI=1S/C16H22ClO4PS/c1-5-20-22(19,21-6-2)23-16(3,4)15(18)12-9-13-7-10-14(17)11-8-13/h7-12H,5-6H2,1-4H3/b12-9+. The third kappa shape index (κ3) is 6.82. The summed E-state index contributed by atoms with van der Waals surface area (Å²) in [6.45, 7) is 4.05. The molecule has 1 aromatic carbocycles. The maximum atomic E-state index is 12.6. The molecule has 0 N–H and O–H groups in total. The van der Waals surface area contributed by atoms with E-state index in [4.69, 9.17) is 20.6 Å². The van der Waals surface area contributed by atoms with E-state index in [-0.39, 0.29) is 19.0 Å². The first-order valence-electron chi connectivity index (χ1n) is 7.30. The molecule has 0 fully saturated rings. The maximum Gasteiger partial charge on any atom is 0.390 e. The molecule has 128 valence electrons. The first kappa shape index (κ1) is 20.5. The lowest BCUT2D eigenvalue weighted by Crippen LogP contribution is -2.26. The van der Waals surface area contributed by atoms with E-state index in [0.29, 0.717) is 5.02 Å². The van der Waals surface area contributed by atoms with Gasteiger partial charge >= 0.3 is 6.80 Å². The molecule has 0 aliphatic heterocycles. The van der Waals surface area contributed by atoms with Crippen molar-refractivity contribution in [1.82, 2.24) is 0 Å². The summed E-state index contributed by atoms with van der Waals surface area (Å²) in [5.41, 5.74) is 0.862. The fraction of sp³-hybridized carbons (Fsp3) is 0.438. The fourth-order valence-electron chi connectivity index (χ4n) is 1.68. The van der Waals surface area contributed by atoms with Crippen LogP contribution in [-0.4, -0.2) is 23.7 Å². The minimum Gasteiger partial charge on any atom is -0.301 e. The number of rotatable bonds is 9. The Labute approximate surface area is 146 Å². The van der Waals surface area contributed by atoms with Gasteiger partial charge in [-0.1, -0.05) is 29.8 Å². The van der Waals surface area contributed by atoms with Crippen molar-refractivity contribution in [1.29, 1.82) is 0 Å². The molecule has 0 heterocycles. The quantitative estimate of drug-likeness (QED) is 0.414. The second kappa shape index (κ2) is 9.05. The molecule has 0 aromatic heterocycles. The Bertz CT molecular complexity index is 589. The molecule has 0 aliphatic carbocycles. The lowest BCUT2D eigenvalue weighted by atomic mass is 10.1. The number of benzene rings is 1. The van der Waals surface area contributed by atoms with Crippen LogP contribution in [0.3, 0.4) is 0 Å². The topological polar surface area (TPSA) is 52.6 Å². The summed E-state index contributed by atoms with van der Waals surface area (Å²) in [4.78, 5) is 12.4. The Balaban J connectivity index is 2.83. The van der Waals surface area contributed by atoms with Crippen LogP contribution in [0.2, 0.25) is 5.02 Å². The van der Waals surface area contributed by atoms with Gasteiger partial charge in [-0.2, -0.15) is 0 Å². The number of halogens is 1. The summed E-state index contributed by atoms with van der Waals surface area (Å²) in [6.07, 6.45) is 3.17. The van der Waals surface area contributed by atoms with Crippen LogP contribution in [0.25, 0.3) is 6.08 Å². The summed E-state index contributed by atoms with van der Waals surface area (Å²) in [5, 5.41) is 0.638. The lowest BCUT2D eigenvalue weighted by Gasteiger charge is -2.25. The van der Waals surface area contributed by atoms with Crippen LogP contribution in [0.5, 0.6) is 0 Å². The van der Waals surface area contributed by atoms with E-state index in [1.54, 1.807) is 45.9 Å². The van der Waals surface area contributed by atoms with E-state index in [9.17, 15) is 9.36 Å². The Morgan fingerprint density at radius 2 is 1.74 bits per heavy atom. The van der Waals surface area contributed by atoms with Gasteiger partial charge in [0.2, 0.25) is 0 Å². The molecular weight excluding hydrogens is 355 g/mol.